The molecule has 0 saturated carbocycles. The zero-order valence-corrected chi connectivity index (χ0v) is 16.5. The molecule has 3 aromatic rings. The minimum Gasteiger partial charge on any atom is -0.468 e. The highest BCUT2D eigenvalue weighted by Gasteiger charge is 2.23. The zero-order chi connectivity index (χ0) is 19.2. The van der Waals surface area contributed by atoms with Crippen LogP contribution in [0.4, 0.5) is 0 Å². The van der Waals surface area contributed by atoms with Crippen LogP contribution < -0.4 is 0 Å². The Labute approximate surface area is 169 Å². The van der Waals surface area contributed by atoms with Gasteiger partial charge in [0, 0.05) is 37.3 Å². The van der Waals surface area contributed by atoms with Crippen molar-refractivity contribution in [1.29, 1.82) is 0 Å². The summed E-state index contributed by atoms with van der Waals surface area (Å²) in [7, 11) is 0. The monoisotopic (exact) mass is 393 g/mol. The first-order valence-electron chi connectivity index (χ1n) is 9.51. The Morgan fingerprint density at radius 2 is 1.89 bits per heavy atom. The van der Waals surface area contributed by atoms with E-state index in [4.69, 9.17) is 4.42 Å². The number of hydrogen-bond acceptors (Lipinski definition) is 5. The molecule has 1 aliphatic heterocycles. The van der Waals surface area contributed by atoms with Crippen LogP contribution in [-0.2, 0) is 6.54 Å². The number of hydrogen-bond donors (Lipinski definition) is 0. The fourth-order valence-corrected chi connectivity index (χ4v) is 4.26. The number of carbonyl (C=O) groups excluding carboxylic acids is 1. The maximum Gasteiger partial charge on any atom is 0.256 e. The highest BCUT2D eigenvalue weighted by atomic mass is 32.2. The Bertz CT molecular complexity index is 899. The minimum atomic E-state index is 0.0615. The predicted octanol–water partition coefficient (Wildman–Crippen LogP) is 4.17. The van der Waals surface area contributed by atoms with Gasteiger partial charge in [0.1, 0.15) is 10.8 Å². The highest BCUT2D eigenvalue weighted by molar-refractivity contribution is 7.99. The minimum absolute atomic E-state index is 0.0615. The summed E-state index contributed by atoms with van der Waals surface area (Å²) in [6, 6.07) is 17.7. The fraction of sp³-hybridized carbons (Fsp3) is 0.273. The lowest BCUT2D eigenvalue weighted by atomic mass is 10.2. The maximum atomic E-state index is 13.2. The standard InChI is InChI=1S/C22H23N3O2S/c26-22(20-10-4-11-23-21(20)28-19-8-2-1-3-9-19)25-13-6-12-24(14-15-25)17-18-7-5-16-27-18/h1-5,7-11,16H,6,12-15,17H2. The van der Waals surface area contributed by atoms with Crippen LogP contribution in [0.15, 0.2) is 81.4 Å². The van der Waals surface area contributed by atoms with Crippen molar-refractivity contribution in [3.05, 3.63) is 78.4 Å². The van der Waals surface area contributed by atoms with Gasteiger partial charge < -0.3 is 9.32 Å². The summed E-state index contributed by atoms with van der Waals surface area (Å²) in [5, 5.41) is 0.760. The third kappa shape index (κ3) is 4.64. The van der Waals surface area contributed by atoms with Crippen LogP contribution in [0.5, 0.6) is 0 Å². The number of carbonyl (C=O) groups is 1. The van der Waals surface area contributed by atoms with Gasteiger partial charge in [0.05, 0.1) is 18.4 Å². The van der Waals surface area contributed by atoms with Crippen molar-refractivity contribution in [3.63, 3.8) is 0 Å². The molecule has 4 rings (SSSR count). The van der Waals surface area contributed by atoms with Crippen LogP contribution in [0.1, 0.15) is 22.5 Å². The molecule has 2 aromatic heterocycles. The van der Waals surface area contributed by atoms with Gasteiger partial charge in [0.2, 0.25) is 0 Å². The molecule has 1 fully saturated rings. The second-order valence-electron chi connectivity index (χ2n) is 6.77. The Balaban J connectivity index is 1.44. The molecule has 0 bridgehead atoms. The lowest BCUT2D eigenvalue weighted by Gasteiger charge is -2.22. The third-order valence-corrected chi connectivity index (χ3v) is 5.82. The summed E-state index contributed by atoms with van der Waals surface area (Å²) in [4.78, 5) is 23.1. The fourth-order valence-electron chi connectivity index (χ4n) is 3.36. The predicted molar refractivity (Wildman–Crippen MR) is 109 cm³/mol. The molecule has 5 nitrogen and oxygen atoms in total. The Kier molecular flexibility index (Phi) is 6.09. The van der Waals surface area contributed by atoms with E-state index in [1.807, 2.05) is 59.5 Å². The Hall–Kier alpha value is -2.57. The van der Waals surface area contributed by atoms with Crippen LogP contribution in [-0.4, -0.2) is 46.9 Å². The van der Waals surface area contributed by atoms with Crippen LogP contribution >= 0.6 is 11.8 Å². The van der Waals surface area contributed by atoms with E-state index in [2.05, 4.69) is 9.88 Å². The summed E-state index contributed by atoms with van der Waals surface area (Å²) in [5.74, 6) is 1.03. The van der Waals surface area contributed by atoms with E-state index in [1.54, 1.807) is 12.5 Å². The van der Waals surface area contributed by atoms with Crippen molar-refractivity contribution in [2.24, 2.45) is 0 Å². The molecule has 6 heteroatoms. The number of rotatable bonds is 5. The van der Waals surface area contributed by atoms with Gasteiger partial charge in [-0.25, -0.2) is 4.98 Å². The van der Waals surface area contributed by atoms with Gasteiger partial charge in [-0.15, -0.1) is 0 Å². The molecule has 3 heterocycles. The molecule has 0 aliphatic carbocycles. The van der Waals surface area contributed by atoms with Crippen LogP contribution in [0.25, 0.3) is 0 Å². The molecular formula is C22H23N3O2S. The first-order valence-corrected chi connectivity index (χ1v) is 10.3. The molecule has 1 aromatic carbocycles. The third-order valence-electron chi connectivity index (χ3n) is 4.79. The first-order chi connectivity index (χ1) is 13.8. The smallest absolute Gasteiger partial charge is 0.256 e. The van der Waals surface area contributed by atoms with Gasteiger partial charge in [0.25, 0.3) is 5.91 Å². The van der Waals surface area contributed by atoms with Crippen molar-refractivity contribution >= 4 is 17.7 Å². The molecule has 0 radical (unpaired) electrons. The van der Waals surface area contributed by atoms with Gasteiger partial charge in [-0.05, 0) is 42.8 Å². The van der Waals surface area contributed by atoms with E-state index >= 15 is 0 Å². The van der Waals surface area contributed by atoms with Gasteiger partial charge in [0.15, 0.2) is 0 Å². The summed E-state index contributed by atoms with van der Waals surface area (Å²) in [5.41, 5.74) is 0.677. The van der Waals surface area contributed by atoms with Crippen molar-refractivity contribution in [3.8, 4) is 0 Å². The molecule has 1 amide bonds. The van der Waals surface area contributed by atoms with Crippen molar-refractivity contribution < 1.29 is 9.21 Å². The summed E-state index contributed by atoms with van der Waals surface area (Å²) >= 11 is 1.53. The van der Waals surface area contributed by atoms with Crippen molar-refractivity contribution in [2.75, 3.05) is 26.2 Å². The molecule has 1 saturated heterocycles. The SMILES string of the molecule is O=C(c1cccnc1Sc1ccccc1)N1CCCN(Cc2ccco2)CC1. The number of amides is 1. The van der Waals surface area contributed by atoms with Crippen molar-refractivity contribution in [2.45, 2.75) is 22.9 Å². The average molecular weight is 394 g/mol. The number of furan rings is 1. The number of nitrogens with zero attached hydrogens (tertiary/aromatic N) is 3. The largest absolute Gasteiger partial charge is 0.468 e. The van der Waals surface area contributed by atoms with E-state index < -0.39 is 0 Å². The number of aromatic nitrogens is 1. The summed E-state index contributed by atoms with van der Waals surface area (Å²) in [6.07, 6.45) is 4.40. The quantitative estimate of drug-likeness (QED) is 0.651. The van der Waals surface area contributed by atoms with Crippen LogP contribution in [0.2, 0.25) is 0 Å². The lowest BCUT2D eigenvalue weighted by molar-refractivity contribution is 0.0756. The second-order valence-corrected chi connectivity index (χ2v) is 7.83. The highest BCUT2D eigenvalue weighted by Crippen LogP contribution is 2.29. The molecule has 0 spiro atoms. The normalized spacial score (nSPS) is 15.4. The first kappa shape index (κ1) is 18.8. The average Bonchev–Trinajstić information content (AvgIpc) is 3.13. The molecule has 0 unspecified atom stereocenters. The van der Waals surface area contributed by atoms with Crippen molar-refractivity contribution in [1.82, 2.24) is 14.8 Å². The number of benzene rings is 1. The van der Waals surface area contributed by atoms with E-state index in [0.717, 1.165) is 48.3 Å². The van der Waals surface area contributed by atoms with E-state index in [1.165, 1.54) is 11.8 Å². The molecule has 144 valence electrons. The maximum absolute atomic E-state index is 13.2. The van der Waals surface area contributed by atoms with Gasteiger partial charge >= 0.3 is 0 Å². The zero-order valence-electron chi connectivity index (χ0n) is 15.7. The van der Waals surface area contributed by atoms with Gasteiger partial charge in [-0.1, -0.05) is 30.0 Å². The van der Waals surface area contributed by atoms with E-state index in [9.17, 15) is 4.79 Å². The molecule has 0 N–H and O–H groups in total. The Morgan fingerprint density at radius 1 is 1.00 bits per heavy atom. The summed E-state index contributed by atoms with van der Waals surface area (Å²) in [6.45, 7) is 4.07. The van der Waals surface area contributed by atoms with E-state index in [0.29, 0.717) is 12.1 Å². The Morgan fingerprint density at radius 3 is 2.71 bits per heavy atom. The summed E-state index contributed by atoms with van der Waals surface area (Å²) < 4.78 is 5.46. The van der Waals surface area contributed by atoms with Gasteiger partial charge in [-0.3, -0.25) is 9.69 Å². The van der Waals surface area contributed by atoms with E-state index in [-0.39, 0.29) is 5.91 Å². The van der Waals surface area contributed by atoms with Crippen LogP contribution in [0, 0.1) is 0 Å². The number of pyridine rings is 1. The molecular weight excluding hydrogens is 370 g/mol. The lowest BCUT2D eigenvalue weighted by Crippen LogP contribution is -2.35. The molecule has 28 heavy (non-hydrogen) atoms. The molecule has 1 aliphatic rings. The van der Waals surface area contributed by atoms with Crippen LogP contribution in [0.3, 0.4) is 0 Å². The van der Waals surface area contributed by atoms with Gasteiger partial charge in [-0.2, -0.15) is 0 Å². The topological polar surface area (TPSA) is 49.6 Å². The second kappa shape index (κ2) is 9.08. The molecule has 0 atom stereocenters.